The lowest BCUT2D eigenvalue weighted by atomic mass is 10.4. The summed E-state index contributed by atoms with van der Waals surface area (Å²) in [5, 5.41) is 0. The van der Waals surface area contributed by atoms with Gasteiger partial charge in [0.2, 0.25) is 15.2 Å². The summed E-state index contributed by atoms with van der Waals surface area (Å²) in [4.78, 5) is 0. The molecule has 0 spiro atoms. The Morgan fingerprint density at radius 3 is 0.684 bits per heavy atom. The van der Waals surface area contributed by atoms with Crippen LogP contribution in [0.4, 0.5) is 0 Å². The Balaban J connectivity index is 5.43. The predicted octanol–water partition coefficient (Wildman–Crippen LogP) is 7.22. The lowest BCUT2D eigenvalue weighted by Crippen LogP contribution is -2.50. The Morgan fingerprint density at radius 2 is 0.579 bits per heavy atom. The fourth-order valence-corrected chi connectivity index (χ4v) is 4.40. The molecule has 0 aliphatic carbocycles. The first-order valence-corrected chi connectivity index (χ1v) is 8.43. The highest BCUT2D eigenvalue weighted by Gasteiger charge is 2.55. The molecule has 0 unspecified atom stereocenters. The van der Waals surface area contributed by atoms with Crippen LogP contribution >= 0.6 is 139 Å². The highest BCUT2D eigenvalue weighted by molar-refractivity contribution is 6.74. The van der Waals surface area contributed by atoms with Crippen molar-refractivity contribution >= 4 is 139 Å². The summed E-state index contributed by atoms with van der Waals surface area (Å²) in [5.74, 6) is 0. The van der Waals surface area contributed by atoms with E-state index in [1.807, 2.05) is 0 Å². The maximum atomic E-state index is 5.62. The van der Waals surface area contributed by atoms with Crippen molar-refractivity contribution in [1.29, 1.82) is 0 Å². The quantitative estimate of drug-likeness (QED) is 0.353. The lowest BCUT2D eigenvalue weighted by molar-refractivity contribution is -0.00346. The van der Waals surface area contributed by atoms with Crippen LogP contribution in [0.5, 0.6) is 0 Å². The van der Waals surface area contributed by atoms with E-state index in [9.17, 15) is 0 Å². The Morgan fingerprint density at radius 1 is 0.421 bits per heavy atom. The second-order valence-electron chi connectivity index (χ2n) is 3.06. The van der Waals surface area contributed by atoms with Crippen LogP contribution in [0.25, 0.3) is 0 Å². The van der Waals surface area contributed by atoms with Gasteiger partial charge in [-0.05, 0) is 0 Å². The second-order valence-corrected chi connectivity index (χ2v) is 12.5. The zero-order valence-electron chi connectivity index (χ0n) is 8.10. The maximum Gasteiger partial charge on any atom is 0.220 e. The number of alkyl halides is 12. The first-order chi connectivity index (χ1) is 7.97. The number of rotatable bonds is 2. The van der Waals surface area contributed by atoms with Crippen LogP contribution in [-0.2, 0) is 4.74 Å². The SMILES string of the molecule is ClC(Cl)(Cl)C(OC(C(Cl)(Cl)Cl)C(Cl)(Cl)Cl)C(Cl)(Cl)Cl. The first kappa shape index (κ1) is 22.4. The summed E-state index contributed by atoms with van der Waals surface area (Å²) in [7, 11) is 0. The molecule has 13 heteroatoms. The van der Waals surface area contributed by atoms with Crippen LogP contribution in [0.3, 0.4) is 0 Å². The van der Waals surface area contributed by atoms with E-state index in [1.165, 1.54) is 0 Å². The van der Waals surface area contributed by atoms with Crippen molar-refractivity contribution in [3.63, 3.8) is 0 Å². The molecule has 0 aliphatic heterocycles. The zero-order valence-corrected chi connectivity index (χ0v) is 17.2. The molecule has 0 radical (unpaired) electrons. The number of halogens is 12. The number of ether oxygens (including phenoxy) is 1. The van der Waals surface area contributed by atoms with Crippen molar-refractivity contribution in [3.05, 3.63) is 0 Å². The molecule has 116 valence electrons. The van der Waals surface area contributed by atoms with Gasteiger partial charge in [-0.15, -0.1) is 0 Å². The predicted molar refractivity (Wildman–Crippen MR) is 89.8 cm³/mol. The van der Waals surface area contributed by atoms with Crippen molar-refractivity contribution in [3.8, 4) is 0 Å². The molecule has 0 aromatic rings. The summed E-state index contributed by atoms with van der Waals surface area (Å²) < 4.78 is -3.62. The molecule has 0 atom stereocenters. The molecule has 0 aliphatic rings. The van der Waals surface area contributed by atoms with E-state index in [0.29, 0.717) is 0 Å². The van der Waals surface area contributed by atoms with E-state index in [2.05, 4.69) is 0 Å². The third-order valence-corrected chi connectivity index (χ3v) is 3.84. The first-order valence-electron chi connectivity index (χ1n) is 3.89. The van der Waals surface area contributed by atoms with E-state index >= 15 is 0 Å². The van der Waals surface area contributed by atoms with E-state index in [-0.39, 0.29) is 0 Å². The van der Waals surface area contributed by atoms with Crippen LogP contribution in [0.15, 0.2) is 0 Å². The van der Waals surface area contributed by atoms with Gasteiger partial charge >= 0.3 is 0 Å². The van der Waals surface area contributed by atoms with Crippen molar-refractivity contribution in [2.75, 3.05) is 0 Å². The summed E-state index contributed by atoms with van der Waals surface area (Å²) in [6, 6.07) is 0. The lowest BCUT2D eigenvalue weighted by Gasteiger charge is -2.38. The fourth-order valence-electron chi connectivity index (χ4n) is 0.816. The van der Waals surface area contributed by atoms with Crippen LogP contribution in [0.1, 0.15) is 0 Å². The molecule has 1 nitrogen and oxygen atoms in total. The maximum absolute atomic E-state index is 5.62. The molecule has 0 fully saturated rings. The highest BCUT2D eigenvalue weighted by atomic mass is 35.6. The molecule has 0 aromatic carbocycles. The molecule has 0 aromatic heterocycles. The summed E-state index contributed by atoms with van der Waals surface area (Å²) in [6.45, 7) is 0. The number of hydrogen-bond donors (Lipinski definition) is 0. The molecule has 0 saturated heterocycles. The Hall–Kier alpha value is 3.44. The molecule has 0 saturated carbocycles. The van der Waals surface area contributed by atoms with Gasteiger partial charge in [0, 0.05) is 0 Å². The van der Waals surface area contributed by atoms with Crippen LogP contribution < -0.4 is 0 Å². The van der Waals surface area contributed by atoms with Gasteiger partial charge in [0.15, 0.2) is 12.2 Å². The van der Waals surface area contributed by atoms with Gasteiger partial charge in [-0.1, -0.05) is 139 Å². The van der Waals surface area contributed by atoms with E-state index in [1.54, 1.807) is 0 Å². The zero-order chi connectivity index (χ0) is 15.9. The van der Waals surface area contributed by atoms with Gasteiger partial charge in [-0.3, -0.25) is 0 Å². The topological polar surface area (TPSA) is 9.23 Å². The average Bonchev–Trinajstić information content (AvgIpc) is 1.91. The van der Waals surface area contributed by atoms with Crippen LogP contribution in [-0.4, -0.2) is 27.4 Å². The van der Waals surface area contributed by atoms with Gasteiger partial charge in [0.25, 0.3) is 0 Å². The molecule has 0 bridgehead atoms. The van der Waals surface area contributed by atoms with Gasteiger partial charge in [0.05, 0.1) is 0 Å². The monoisotopic (exact) mass is 510 g/mol. The number of hydrogen-bond acceptors (Lipinski definition) is 1. The van der Waals surface area contributed by atoms with Gasteiger partial charge in [-0.25, -0.2) is 0 Å². The van der Waals surface area contributed by atoms with E-state index < -0.39 is 27.4 Å². The van der Waals surface area contributed by atoms with E-state index in [0.717, 1.165) is 0 Å². The second kappa shape index (κ2) is 7.55. The van der Waals surface area contributed by atoms with Gasteiger partial charge in [0.1, 0.15) is 0 Å². The van der Waals surface area contributed by atoms with Crippen molar-refractivity contribution in [2.24, 2.45) is 0 Å². The van der Waals surface area contributed by atoms with Gasteiger partial charge in [-0.2, -0.15) is 0 Å². The largest absolute Gasteiger partial charge is 0.357 e. The minimum absolute atomic E-state index is 1.67. The third-order valence-electron chi connectivity index (χ3n) is 1.46. The summed E-state index contributed by atoms with van der Waals surface area (Å²) in [6.07, 6.45) is -3.35. The highest BCUT2D eigenvalue weighted by Crippen LogP contribution is 2.51. The molecule has 19 heavy (non-hydrogen) atoms. The van der Waals surface area contributed by atoms with Crippen LogP contribution in [0.2, 0.25) is 0 Å². The average molecular weight is 516 g/mol. The summed E-state index contributed by atoms with van der Waals surface area (Å²) >= 11 is 67.5. The normalized spacial score (nSPS) is 15.5. The third kappa shape index (κ3) is 8.20. The summed E-state index contributed by atoms with van der Waals surface area (Å²) in [5.41, 5.74) is 0. The smallest absolute Gasteiger partial charge is 0.220 e. The van der Waals surface area contributed by atoms with Crippen molar-refractivity contribution in [2.45, 2.75) is 27.4 Å². The Bertz CT molecular complexity index is 233. The Labute approximate surface area is 169 Å². The molecular weight excluding hydrogens is 514 g/mol. The van der Waals surface area contributed by atoms with Gasteiger partial charge < -0.3 is 4.74 Å². The standard InChI is InChI=1S/C6H2Cl12O/c7-3(8,9)1(4(10,11)12)19-2(5(13,14)15)6(16,17)18/h1-2H. The molecule has 0 amide bonds. The molecule has 0 rings (SSSR count). The van der Waals surface area contributed by atoms with E-state index in [4.69, 9.17) is 144 Å². The fraction of sp³-hybridized carbons (Fsp3) is 1.00. The van der Waals surface area contributed by atoms with Crippen LogP contribution in [0, 0.1) is 0 Å². The van der Waals surface area contributed by atoms with Crippen molar-refractivity contribution in [1.82, 2.24) is 0 Å². The molecule has 0 N–H and O–H groups in total. The Kier molecular flexibility index (Phi) is 8.92. The van der Waals surface area contributed by atoms with Crippen molar-refractivity contribution < 1.29 is 4.74 Å². The molecular formula is C6H2Cl12O. The minimum atomic E-state index is -2.19. The minimum Gasteiger partial charge on any atom is -0.357 e. The molecule has 0 heterocycles.